The summed E-state index contributed by atoms with van der Waals surface area (Å²) in [4.78, 5) is 14.2. The average Bonchev–Trinajstić information content (AvgIpc) is 2.40. The summed E-state index contributed by atoms with van der Waals surface area (Å²) in [7, 11) is 0. The molecule has 5 nitrogen and oxygen atoms in total. The number of β-amino-alcohol motifs (C(OH)–C–C–N with tert-alkyl or cyclic N) is 1. The largest absolute Gasteiger partial charge is 0.399 e. The maximum atomic E-state index is 12.1. The topological polar surface area (TPSA) is 78.6 Å². The Morgan fingerprint density at radius 3 is 2.79 bits per heavy atom. The second-order valence-electron chi connectivity index (χ2n) is 5.08. The summed E-state index contributed by atoms with van der Waals surface area (Å²) >= 11 is 0. The molecular weight excluding hydrogens is 242 g/mol. The Morgan fingerprint density at radius 2 is 2.16 bits per heavy atom. The van der Waals surface area contributed by atoms with Crippen LogP contribution in [0.4, 0.5) is 11.4 Å². The van der Waals surface area contributed by atoms with Crippen molar-refractivity contribution in [3.8, 4) is 0 Å². The lowest BCUT2D eigenvalue weighted by Crippen LogP contribution is -2.48. The van der Waals surface area contributed by atoms with E-state index in [0.29, 0.717) is 12.2 Å². The van der Waals surface area contributed by atoms with Crippen molar-refractivity contribution in [3.05, 3.63) is 24.3 Å². The van der Waals surface area contributed by atoms with Gasteiger partial charge in [-0.25, -0.2) is 0 Å². The SMILES string of the molecule is CC(C(=O)Nc1ccc(N)cc1)N1CCCC(O)C1. The molecule has 2 unspecified atom stereocenters. The molecular formula is C14H21N3O2. The van der Waals surface area contributed by atoms with Gasteiger partial charge in [0, 0.05) is 17.9 Å². The third-order valence-electron chi connectivity index (χ3n) is 3.53. The van der Waals surface area contributed by atoms with Crippen molar-refractivity contribution in [3.63, 3.8) is 0 Å². The second kappa shape index (κ2) is 6.04. The highest BCUT2D eigenvalue weighted by atomic mass is 16.3. The number of nitrogens with zero attached hydrogens (tertiary/aromatic N) is 1. The maximum Gasteiger partial charge on any atom is 0.241 e. The number of likely N-dealkylation sites (tertiary alicyclic amines) is 1. The van der Waals surface area contributed by atoms with Gasteiger partial charge in [0.25, 0.3) is 0 Å². The quantitative estimate of drug-likeness (QED) is 0.712. The van der Waals surface area contributed by atoms with Crippen LogP contribution < -0.4 is 11.1 Å². The molecule has 0 saturated carbocycles. The molecule has 19 heavy (non-hydrogen) atoms. The highest BCUT2D eigenvalue weighted by Crippen LogP contribution is 2.15. The zero-order valence-corrected chi connectivity index (χ0v) is 11.2. The van der Waals surface area contributed by atoms with Crippen LogP contribution in [0.3, 0.4) is 0 Å². The number of benzene rings is 1. The fourth-order valence-corrected chi connectivity index (χ4v) is 2.31. The zero-order valence-electron chi connectivity index (χ0n) is 11.2. The first-order valence-corrected chi connectivity index (χ1v) is 6.65. The number of nitrogens with one attached hydrogen (secondary N) is 1. The summed E-state index contributed by atoms with van der Waals surface area (Å²) in [6, 6.07) is 6.83. The summed E-state index contributed by atoms with van der Waals surface area (Å²) < 4.78 is 0. The van der Waals surface area contributed by atoms with Gasteiger partial charge in [-0.2, -0.15) is 0 Å². The molecule has 0 spiro atoms. The van der Waals surface area contributed by atoms with Crippen LogP contribution in [-0.2, 0) is 4.79 Å². The predicted octanol–water partition coefficient (Wildman–Crippen LogP) is 1.05. The third kappa shape index (κ3) is 3.68. The van der Waals surface area contributed by atoms with Gasteiger partial charge in [0.05, 0.1) is 12.1 Å². The number of hydrogen-bond acceptors (Lipinski definition) is 4. The van der Waals surface area contributed by atoms with Crippen LogP contribution in [0.15, 0.2) is 24.3 Å². The molecule has 0 aromatic heterocycles. The normalized spacial score (nSPS) is 21.9. The van der Waals surface area contributed by atoms with Crippen LogP contribution in [-0.4, -0.2) is 41.1 Å². The molecule has 2 rings (SSSR count). The van der Waals surface area contributed by atoms with Gasteiger partial charge in [0.2, 0.25) is 5.91 Å². The van der Waals surface area contributed by atoms with E-state index in [1.165, 1.54) is 0 Å². The van der Waals surface area contributed by atoms with Gasteiger partial charge >= 0.3 is 0 Å². The maximum absolute atomic E-state index is 12.1. The lowest BCUT2D eigenvalue weighted by molar-refractivity contribution is -0.121. The molecule has 2 atom stereocenters. The standard InChI is InChI=1S/C14H21N3O2/c1-10(17-8-2-3-13(18)9-17)14(19)16-12-6-4-11(15)5-7-12/h4-7,10,13,18H,2-3,8-9,15H2,1H3,(H,16,19). The van der Waals surface area contributed by atoms with E-state index in [1.54, 1.807) is 24.3 Å². The molecule has 1 aliphatic heterocycles. The first kappa shape index (κ1) is 13.8. The van der Waals surface area contributed by atoms with Gasteiger partial charge in [0.1, 0.15) is 0 Å². The third-order valence-corrected chi connectivity index (χ3v) is 3.53. The molecule has 1 aromatic rings. The van der Waals surface area contributed by atoms with Crippen LogP contribution in [0.2, 0.25) is 0 Å². The van der Waals surface area contributed by atoms with E-state index < -0.39 is 0 Å². The van der Waals surface area contributed by atoms with Gasteiger partial charge in [-0.05, 0) is 50.6 Å². The van der Waals surface area contributed by atoms with Crippen molar-refractivity contribution >= 4 is 17.3 Å². The lowest BCUT2D eigenvalue weighted by atomic mass is 10.1. The number of aliphatic hydroxyl groups is 1. The van der Waals surface area contributed by atoms with Gasteiger partial charge in [-0.1, -0.05) is 0 Å². The highest BCUT2D eigenvalue weighted by Gasteiger charge is 2.26. The monoisotopic (exact) mass is 263 g/mol. The van der Waals surface area contributed by atoms with Gasteiger partial charge < -0.3 is 16.2 Å². The van der Waals surface area contributed by atoms with Crippen molar-refractivity contribution in [2.45, 2.75) is 31.9 Å². The fourth-order valence-electron chi connectivity index (χ4n) is 2.31. The summed E-state index contributed by atoms with van der Waals surface area (Å²) in [5.41, 5.74) is 7.01. The molecule has 0 bridgehead atoms. The Hall–Kier alpha value is -1.59. The van der Waals surface area contributed by atoms with Crippen LogP contribution in [0.1, 0.15) is 19.8 Å². The first-order valence-electron chi connectivity index (χ1n) is 6.65. The van der Waals surface area contributed by atoms with Crippen LogP contribution in [0.25, 0.3) is 0 Å². The lowest BCUT2D eigenvalue weighted by Gasteiger charge is -2.33. The second-order valence-corrected chi connectivity index (χ2v) is 5.08. The van der Waals surface area contributed by atoms with E-state index in [9.17, 15) is 9.90 Å². The fraction of sp³-hybridized carbons (Fsp3) is 0.500. The van der Waals surface area contributed by atoms with E-state index in [1.807, 2.05) is 11.8 Å². The van der Waals surface area contributed by atoms with Crippen molar-refractivity contribution in [2.24, 2.45) is 0 Å². The predicted molar refractivity (Wildman–Crippen MR) is 75.8 cm³/mol. The Balaban J connectivity index is 1.93. The van der Waals surface area contributed by atoms with Gasteiger partial charge in [-0.15, -0.1) is 0 Å². The Kier molecular flexibility index (Phi) is 4.39. The summed E-state index contributed by atoms with van der Waals surface area (Å²) in [6.45, 7) is 3.29. The van der Waals surface area contributed by atoms with E-state index in [-0.39, 0.29) is 18.1 Å². The molecule has 5 heteroatoms. The number of piperidine rings is 1. The smallest absolute Gasteiger partial charge is 0.241 e. The summed E-state index contributed by atoms with van der Waals surface area (Å²) in [5.74, 6) is -0.0566. The minimum Gasteiger partial charge on any atom is -0.399 e. The molecule has 0 radical (unpaired) electrons. The van der Waals surface area contributed by atoms with Crippen molar-refractivity contribution in [1.29, 1.82) is 0 Å². The van der Waals surface area contributed by atoms with Crippen LogP contribution in [0, 0.1) is 0 Å². The Labute approximate surface area is 113 Å². The first-order chi connectivity index (χ1) is 9.06. The number of carbonyl (C=O) groups excluding carboxylic acids is 1. The van der Waals surface area contributed by atoms with E-state index >= 15 is 0 Å². The number of nitrogens with two attached hydrogens (primary N) is 1. The molecule has 1 saturated heterocycles. The number of anilines is 2. The number of rotatable bonds is 3. The number of carbonyl (C=O) groups is 1. The molecule has 1 heterocycles. The number of aliphatic hydroxyl groups excluding tert-OH is 1. The number of hydrogen-bond donors (Lipinski definition) is 3. The molecule has 1 aromatic carbocycles. The minimum absolute atomic E-state index is 0.0566. The van der Waals surface area contributed by atoms with E-state index in [4.69, 9.17) is 5.73 Å². The Bertz CT molecular complexity index is 433. The van der Waals surface area contributed by atoms with E-state index in [2.05, 4.69) is 5.32 Å². The molecule has 1 aliphatic rings. The highest BCUT2D eigenvalue weighted by molar-refractivity contribution is 5.94. The average molecular weight is 263 g/mol. The van der Waals surface area contributed by atoms with E-state index in [0.717, 1.165) is 25.1 Å². The van der Waals surface area contributed by atoms with Crippen molar-refractivity contribution < 1.29 is 9.90 Å². The van der Waals surface area contributed by atoms with Gasteiger partial charge in [0.15, 0.2) is 0 Å². The van der Waals surface area contributed by atoms with Crippen LogP contribution >= 0.6 is 0 Å². The summed E-state index contributed by atoms with van der Waals surface area (Å²) in [6.07, 6.45) is 1.43. The summed E-state index contributed by atoms with van der Waals surface area (Å²) in [5, 5.41) is 12.5. The van der Waals surface area contributed by atoms with Gasteiger partial charge in [-0.3, -0.25) is 9.69 Å². The molecule has 0 aliphatic carbocycles. The molecule has 1 amide bonds. The van der Waals surface area contributed by atoms with Crippen molar-refractivity contribution in [2.75, 3.05) is 24.1 Å². The molecule has 1 fully saturated rings. The van der Waals surface area contributed by atoms with Crippen LogP contribution in [0.5, 0.6) is 0 Å². The van der Waals surface area contributed by atoms with Crippen molar-refractivity contribution in [1.82, 2.24) is 4.90 Å². The molecule has 104 valence electrons. The molecule has 4 N–H and O–H groups in total. The Morgan fingerprint density at radius 1 is 1.47 bits per heavy atom. The number of amides is 1. The zero-order chi connectivity index (χ0) is 13.8. The number of nitrogen functional groups attached to an aromatic ring is 1. The minimum atomic E-state index is -0.319.